The molecule has 0 spiro atoms. The lowest BCUT2D eigenvalue weighted by Gasteiger charge is -2.33. The molecule has 0 aliphatic heterocycles. The van der Waals surface area contributed by atoms with Crippen molar-refractivity contribution in [2.75, 3.05) is 42.6 Å². The second kappa shape index (κ2) is 24.3. The molecule has 0 aromatic heterocycles. The van der Waals surface area contributed by atoms with Gasteiger partial charge in [-0.05, 0) is 152 Å². The first-order valence-corrected chi connectivity index (χ1v) is 24.4. The highest BCUT2D eigenvalue weighted by atomic mass is 16.5. The minimum Gasteiger partial charge on any atom is -0.508 e. The van der Waals surface area contributed by atoms with Crippen molar-refractivity contribution in [3.05, 3.63) is 143 Å². The van der Waals surface area contributed by atoms with Gasteiger partial charge in [-0.1, -0.05) is 128 Å². The van der Waals surface area contributed by atoms with Crippen LogP contribution >= 0.6 is 0 Å². The lowest BCUT2D eigenvalue weighted by atomic mass is 9.70. The van der Waals surface area contributed by atoms with E-state index >= 15 is 0 Å². The van der Waals surface area contributed by atoms with E-state index in [2.05, 4.69) is 153 Å². The number of hydrogen-bond donors (Lipinski definition) is 1. The lowest BCUT2D eigenvalue weighted by molar-refractivity contribution is 0.323. The van der Waals surface area contributed by atoms with Crippen molar-refractivity contribution in [1.29, 1.82) is 0 Å². The van der Waals surface area contributed by atoms with Crippen LogP contribution in [0, 0.1) is 23.7 Å². The molecule has 1 aliphatic carbocycles. The van der Waals surface area contributed by atoms with Crippen molar-refractivity contribution in [2.24, 2.45) is 0 Å². The number of ether oxygens (including phenoxy) is 1. The molecule has 5 aromatic carbocycles. The quantitative estimate of drug-likeness (QED) is 0.0525. The topological polar surface area (TPSA) is 35.9 Å². The third-order valence-corrected chi connectivity index (χ3v) is 12.9. The fourth-order valence-electron chi connectivity index (χ4n) is 9.19. The van der Waals surface area contributed by atoms with Gasteiger partial charge in [0.25, 0.3) is 0 Å². The van der Waals surface area contributed by atoms with E-state index in [1.807, 2.05) is 0 Å². The molecule has 4 nitrogen and oxygen atoms in total. The first-order valence-electron chi connectivity index (χ1n) is 24.4. The van der Waals surface area contributed by atoms with E-state index in [9.17, 15) is 5.11 Å². The summed E-state index contributed by atoms with van der Waals surface area (Å²) in [5, 5.41) is 9.56. The first-order chi connectivity index (χ1) is 30.9. The summed E-state index contributed by atoms with van der Waals surface area (Å²) < 4.78 is 5.92. The molecule has 6 rings (SSSR count). The van der Waals surface area contributed by atoms with Crippen molar-refractivity contribution >= 4 is 11.4 Å². The van der Waals surface area contributed by atoms with Crippen LogP contribution < -0.4 is 14.5 Å². The Morgan fingerprint density at radius 2 is 0.905 bits per heavy atom. The number of fused-ring (bicyclic) bond motifs is 3. The molecule has 0 saturated heterocycles. The van der Waals surface area contributed by atoms with E-state index < -0.39 is 0 Å². The number of nitrogens with zero attached hydrogens (tertiary/aromatic N) is 2. The standard InChI is InChI=1S/C59H72N2O2/c1-6-11-15-17-41-61(42-18-16-12-7-2)52-31-25-48(26-32-52)20-22-50-28-38-56-55-37-27-49(45-57(55)59(39-13-8-3,40-14-9-4)58(56)46-50)21-19-47-23-29-51(30-24-47)60(10-5)43-44-63-54-35-33-53(62)34-36-54/h23-38,45-46,62H,6-18,39-44H2,1-5H3. The maximum atomic E-state index is 9.56. The smallest absolute Gasteiger partial charge is 0.119 e. The Morgan fingerprint density at radius 1 is 0.460 bits per heavy atom. The van der Waals surface area contributed by atoms with Crippen LogP contribution in [0.3, 0.4) is 0 Å². The second-order valence-electron chi connectivity index (χ2n) is 17.4. The van der Waals surface area contributed by atoms with Gasteiger partial charge in [0.15, 0.2) is 0 Å². The van der Waals surface area contributed by atoms with Crippen molar-refractivity contribution < 1.29 is 9.84 Å². The number of aromatic hydroxyl groups is 1. The second-order valence-corrected chi connectivity index (χ2v) is 17.4. The van der Waals surface area contributed by atoms with Crippen LogP contribution in [0.1, 0.15) is 158 Å². The molecule has 1 N–H and O–H groups in total. The third kappa shape index (κ3) is 12.8. The fourth-order valence-corrected chi connectivity index (χ4v) is 9.19. The minimum atomic E-state index is -0.0529. The van der Waals surface area contributed by atoms with Crippen molar-refractivity contribution in [3.63, 3.8) is 0 Å². The Balaban J connectivity index is 1.20. The van der Waals surface area contributed by atoms with Crippen molar-refractivity contribution in [1.82, 2.24) is 0 Å². The van der Waals surface area contributed by atoms with Gasteiger partial charge in [0, 0.05) is 58.7 Å². The minimum absolute atomic E-state index is 0.0529. The highest BCUT2D eigenvalue weighted by Crippen LogP contribution is 2.54. The summed E-state index contributed by atoms with van der Waals surface area (Å²) in [6.07, 6.45) is 17.3. The summed E-state index contributed by atoms with van der Waals surface area (Å²) in [6, 6.07) is 38.4. The summed E-state index contributed by atoms with van der Waals surface area (Å²) in [6.45, 7) is 15.8. The van der Waals surface area contributed by atoms with E-state index in [1.54, 1.807) is 24.3 Å². The van der Waals surface area contributed by atoms with Gasteiger partial charge >= 0.3 is 0 Å². The molecule has 330 valence electrons. The maximum absolute atomic E-state index is 9.56. The number of anilines is 2. The molecule has 0 unspecified atom stereocenters. The molecule has 5 aromatic rings. The van der Waals surface area contributed by atoms with Gasteiger partial charge in [0.1, 0.15) is 18.1 Å². The maximum Gasteiger partial charge on any atom is 0.119 e. The predicted octanol–water partition coefficient (Wildman–Crippen LogP) is 14.7. The number of rotatable bonds is 23. The highest BCUT2D eigenvalue weighted by molar-refractivity contribution is 5.82. The molecule has 0 amide bonds. The van der Waals surface area contributed by atoms with Gasteiger partial charge in [-0.3, -0.25) is 0 Å². The Labute approximate surface area is 381 Å². The zero-order valence-corrected chi connectivity index (χ0v) is 39.1. The molecule has 4 heteroatoms. The van der Waals surface area contributed by atoms with Gasteiger partial charge in [0.05, 0.1) is 6.54 Å². The number of hydrogen-bond acceptors (Lipinski definition) is 4. The first kappa shape index (κ1) is 46.9. The van der Waals surface area contributed by atoms with E-state index in [0.29, 0.717) is 6.61 Å². The fraction of sp³-hybridized carbons (Fsp3) is 0.424. The van der Waals surface area contributed by atoms with Crippen LogP contribution in [0.15, 0.2) is 109 Å². The Kier molecular flexibility index (Phi) is 18.1. The molecule has 0 saturated carbocycles. The zero-order chi connectivity index (χ0) is 44.3. The zero-order valence-electron chi connectivity index (χ0n) is 39.1. The summed E-state index contributed by atoms with van der Waals surface area (Å²) >= 11 is 0. The van der Waals surface area contributed by atoms with Crippen molar-refractivity contribution in [3.8, 4) is 46.3 Å². The molecular weight excluding hydrogens is 769 g/mol. The number of phenols is 1. The molecule has 63 heavy (non-hydrogen) atoms. The highest BCUT2D eigenvalue weighted by Gasteiger charge is 2.42. The molecular formula is C59H72N2O2. The van der Waals surface area contributed by atoms with Crippen molar-refractivity contribution in [2.45, 2.75) is 130 Å². The average molecular weight is 841 g/mol. The Bertz CT molecular complexity index is 2270. The van der Waals surface area contributed by atoms with Gasteiger partial charge in [-0.25, -0.2) is 0 Å². The molecule has 0 bridgehead atoms. The summed E-state index contributed by atoms with van der Waals surface area (Å²) in [4.78, 5) is 4.90. The van der Waals surface area contributed by atoms with Gasteiger partial charge < -0.3 is 19.6 Å². The lowest BCUT2D eigenvalue weighted by Crippen LogP contribution is -2.27. The van der Waals surface area contributed by atoms with Crippen LogP contribution in [0.25, 0.3) is 11.1 Å². The summed E-state index contributed by atoms with van der Waals surface area (Å²) in [5.41, 5.74) is 12.2. The average Bonchev–Trinajstić information content (AvgIpc) is 3.58. The summed E-state index contributed by atoms with van der Waals surface area (Å²) in [7, 11) is 0. The monoisotopic (exact) mass is 841 g/mol. The van der Waals surface area contributed by atoms with Crippen LogP contribution in [-0.2, 0) is 5.41 Å². The van der Waals surface area contributed by atoms with Crippen LogP contribution in [0.5, 0.6) is 11.5 Å². The normalized spacial score (nSPS) is 12.1. The van der Waals surface area contributed by atoms with Crippen LogP contribution in [-0.4, -0.2) is 37.9 Å². The number of unbranched alkanes of at least 4 members (excludes halogenated alkanes) is 8. The largest absolute Gasteiger partial charge is 0.508 e. The van der Waals surface area contributed by atoms with Gasteiger partial charge in [-0.2, -0.15) is 0 Å². The molecule has 0 atom stereocenters. The van der Waals surface area contributed by atoms with E-state index in [4.69, 9.17) is 4.74 Å². The Hall–Kier alpha value is -5.58. The summed E-state index contributed by atoms with van der Waals surface area (Å²) in [5.74, 6) is 15.2. The van der Waals surface area contributed by atoms with E-state index in [-0.39, 0.29) is 11.2 Å². The SMILES string of the molecule is CCCCCCN(CCCCCC)c1ccc(C#Cc2ccc3c(c2)C(CCCC)(CCCC)c2cc(C#Cc4ccc(N(CC)CCOc5ccc(O)cc5)cc4)ccc2-3)cc1. The van der Waals surface area contributed by atoms with E-state index in [0.717, 1.165) is 72.7 Å². The van der Waals surface area contributed by atoms with Crippen LogP contribution in [0.4, 0.5) is 11.4 Å². The molecule has 1 aliphatic rings. The predicted molar refractivity (Wildman–Crippen MR) is 269 cm³/mol. The molecule has 0 fully saturated rings. The van der Waals surface area contributed by atoms with Gasteiger partial charge in [-0.15, -0.1) is 0 Å². The number of phenolic OH excluding ortho intramolecular Hbond substituents is 1. The van der Waals surface area contributed by atoms with E-state index in [1.165, 1.54) is 105 Å². The molecule has 0 heterocycles. The molecule has 0 radical (unpaired) electrons. The Morgan fingerprint density at radius 3 is 1.37 bits per heavy atom. The number of likely N-dealkylation sites (N-methyl/N-ethyl adjacent to an activating group) is 1. The van der Waals surface area contributed by atoms with Gasteiger partial charge in [0.2, 0.25) is 0 Å². The third-order valence-electron chi connectivity index (χ3n) is 12.9. The number of benzene rings is 5. The van der Waals surface area contributed by atoms with Crippen LogP contribution in [0.2, 0.25) is 0 Å².